The predicted octanol–water partition coefficient (Wildman–Crippen LogP) is 3.21. The second-order valence-corrected chi connectivity index (χ2v) is 3.96. The molecule has 0 N–H and O–H groups in total. The predicted molar refractivity (Wildman–Crippen MR) is 69.7 cm³/mol. The Bertz CT molecular complexity index is 768. The maximum atomic E-state index is 13.7. The van der Waals surface area contributed by atoms with Crippen LogP contribution in [0.3, 0.4) is 0 Å². The van der Waals surface area contributed by atoms with Crippen LogP contribution in [0, 0.1) is 27.3 Å². The van der Waals surface area contributed by atoms with E-state index in [0.717, 1.165) is 18.2 Å². The maximum absolute atomic E-state index is 13.7. The lowest BCUT2D eigenvalue weighted by atomic mass is 10.1. The summed E-state index contributed by atoms with van der Waals surface area (Å²) in [4.78, 5) is 20.4. The highest BCUT2D eigenvalue weighted by Crippen LogP contribution is 2.29. The molecule has 2 rings (SSSR count). The molecular formula is C14H7FN2O4. The molecule has 0 unspecified atom stereocenters. The van der Waals surface area contributed by atoms with E-state index in [1.165, 1.54) is 18.2 Å². The highest BCUT2D eigenvalue weighted by molar-refractivity contribution is 5.76. The fraction of sp³-hybridized carbons (Fsp3) is 0. The number of ether oxygens (including phenoxy) is 1. The zero-order valence-corrected chi connectivity index (χ0v) is 10.4. The van der Waals surface area contributed by atoms with Gasteiger partial charge in [0.25, 0.3) is 5.69 Å². The largest absolute Gasteiger partial charge is 0.453 e. The third-order valence-corrected chi connectivity index (χ3v) is 2.61. The van der Waals surface area contributed by atoms with Gasteiger partial charge in [0.05, 0.1) is 16.6 Å². The Labute approximate surface area is 118 Å². The van der Waals surface area contributed by atoms with Gasteiger partial charge in [-0.1, -0.05) is 0 Å². The zero-order valence-electron chi connectivity index (χ0n) is 10.4. The van der Waals surface area contributed by atoms with Gasteiger partial charge in [-0.3, -0.25) is 14.9 Å². The van der Waals surface area contributed by atoms with Crippen LogP contribution in [0.4, 0.5) is 10.1 Å². The fourth-order valence-corrected chi connectivity index (χ4v) is 1.60. The number of hydrogen-bond acceptors (Lipinski definition) is 5. The van der Waals surface area contributed by atoms with Crippen molar-refractivity contribution in [3.05, 3.63) is 63.5 Å². The molecular weight excluding hydrogens is 279 g/mol. The van der Waals surface area contributed by atoms with Crippen LogP contribution in [-0.2, 0) is 0 Å². The number of hydrogen-bond donors (Lipinski definition) is 0. The molecule has 0 heterocycles. The van der Waals surface area contributed by atoms with Crippen LogP contribution in [0.25, 0.3) is 0 Å². The summed E-state index contributed by atoms with van der Waals surface area (Å²) >= 11 is 0. The van der Waals surface area contributed by atoms with Gasteiger partial charge in [-0.15, -0.1) is 0 Å². The molecule has 104 valence electrons. The van der Waals surface area contributed by atoms with Gasteiger partial charge >= 0.3 is 0 Å². The minimum atomic E-state index is -0.924. The first-order chi connectivity index (χ1) is 10.0. The van der Waals surface area contributed by atoms with Gasteiger partial charge < -0.3 is 4.74 Å². The molecule has 2 aromatic rings. The Morgan fingerprint density at radius 2 is 1.95 bits per heavy atom. The number of nitriles is 1. The Morgan fingerprint density at radius 1 is 1.24 bits per heavy atom. The molecule has 21 heavy (non-hydrogen) atoms. The molecule has 0 spiro atoms. The van der Waals surface area contributed by atoms with Crippen LogP contribution in [0.5, 0.6) is 11.5 Å². The van der Waals surface area contributed by atoms with Crippen molar-refractivity contribution in [2.45, 2.75) is 0 Å². The van der Waals surface area contributed by atoms with Crippen molar-refractivity contribution >= 4 is 12.0 Å². The van der Waals surface area contributed by atoms with Gasteiger partial charge in [0.15, 0.2) is 11.6 Å². The minimum Gasteiger partial charge on any atom is -0.453 e. The Hall–Kier alpha value is -3.27. The summed E-state index contributed by atoms with van der Waals surface area (Å²) in [5.74, 6) is -1.13. The molecule has 6 nitrogen and oxygen atoms in total. The molecule has 0 radical (unpaired) electrons. The smallest absolute Gasteiger partial charge is 0.272 e. The summed E-state index contributed by atoms with van der Waals surface area (Å²) in [6, 6.07) is 8.79. The summed E-state index contributed by atoms with van der Waals surface area (Å²) < 4.78 is 18.9. The minimum absolute atomic E-state index is 0.0517. The molecule has 0 fully saturated rings. The highest BCUT2D eigenvalue weighted by Gasteiger charge is 2.14. The summed E-state index contributed by atoms with van der Waals surface area (Å²) in [6.07, 6.45) is 0.567. The van der Waals surface area contributed by atoms with Gasteiger partial charge in [-0.2, -0.15) is 5.26 Å². The van der Waals surface area contributed by atoms with E-state index in [9.17, 15) is 19.3 Å². The molecule has 0 bridgehead atoms. The lowest BCUT2D eigenvalue weighted by Gasteiger charge is -2.08. The second-order valence-electron chi connectivity index (χ2n) is 3.96. The van der Waals surface area contributed by atoms with E-state index in [1.807, 2.05) is 6.07 Å². The van der Waals surface area contributed by atoms with Crippen LogP contribution in [0.15, 0.2) is 36.4 Å². The molecule has 0 atom stereocenters. The first-order valence-electron chi connectivity index (χ1n) is 5.66. The van der Waals surface area contributed by atoms with Crippen LogP contribution in [0.1, 0.15) is 15.9 Å². The third-order valence-electron chi connectivity index (χ3n) is 2.61. The fourth-order valence-electron chi connectivity index (χ4n) is 1.60. The molecule has 0 aromatic heterocycles. The average Bonchev–Trinajstić information content (AvgIpc) is 2.49. The van der Waals surface area contributed by atoms with Crippen molar-refractivity contribution in [2.75, 3.05) is 0 Å². The Morgan fingerprint density at radius 3 is 2.52 bits per heavy atom. The highest BCUT2D eigenvalue weighted by atomic mass is 19.1. The molecule has 0 saturated heterocycles. The van der Waals surface area contributed by atoms with Crippen molar-refractivity contribution in [3.63, 3.8) is 0 Å². The third kappa shape index (κ3) is 3.01. The number of nitro benzene ring substituents is 1. The van der Waals surface area contributed by atoms with Gasteiger partial charge in [0.1, 0.15) is 18.1 Å². The normalized spacial score (nSPS) is 9.71. The van der Waals surface area contributed by atoms with Gasteiger partial charge in [0, 0.05) is 11.6 Å². The van der Waals surface area contributed by atoms with E-state index >= 15 is 0 Å². The van der Waals surface area contributed by atoms with E-state index in [2.05, 4.69) is 0 Å². The zero-order chi connectivity index (χ0) is 15.4. The quantitative estimate of drug-likeness (QED) is 0.488. The number of halogens is 1. The summed E-state index contributed by atoms with van der Waals surface area (Å²) in [5.41, 5.74) is -0.0721. The molecule has 0 aliphatic heterocycles. The molecule has 7 heteroatoms. The van der Waals surface area contributed by atoms with E-state index in [-0.39, 0.29) is 22.6 Å². The Balaban J connectivity index is 2.37. The number of non-ortho nitro benzene ring substituents is 1. The standard InChI is InChI=1S/C14H7FN2O4/c15-12-6-11(17(19)20)2-4-14(12)21-13-3-1-9(8-18)5-10(13)7-16/h1-6,8H. The van der Waals surface area contributed by atoms with Crippen LogP contribution < -0.4 is 4.74 Å². The van der Waals surface area contributed by atoms with E-state index in [0.29, 0.717) is 6.29 Å². The second kappa shape index (κ2) is 5.79. The first kappa shape index (κ1) is 14.1. The average molecular weight is 286 g/mol. The van der Waals surface area contributed by atoms with Crippen molar-refractivity contribution in [2.24, 2.45) is 0 Å². The van der Waals surface area contributed by atoms with Crippen molar-refractivity contribution in [1.82, 2.24) is 0 Å². The monoisotopic (exact) mass is 286 g/mol. The van der Waals surface area contributed by atoms with Crippen molar-refractivity contribution in [1.29, 1.82) is 5.26 Å². The maximum Gasteiger partial charge on any atom is 0.272 e. The number of nitrogens with zero attached hydrogens (tertiary/aromatic N) is 2. The topological polar surface area (TPSA) is 93.2 Å². The summed E-state index contributed by atoms with van der Waals surface area (Å²) in [7, 11) is 0. The van der Waals surface area contributed by atoms with Crippen LogP contribution >= 0.6 is 0 Å². The number of carbonyl (C=O) groups is 1. The molecule has 0 saturated carbocycles. The van der Waals surface area contributed by atoms with Crippen molar-refractivity contribution in [3.8, 4) is 17.6 Å². The van der Waals surface area contributed by atoms with Crippen molar-refractivity contribution < 1.29 is 18.8 Å². The van der Waals surface area contributed by atoms with Gasteiger partial charge in [0.2, 0.25) is 0 Å². The van der Waals surface area contributed by atoms with E-state index < -0.39 is 16.4 Å². The number of benzene rings is 2. The lowest BCUT2D eigenvalue weighted by Crippen LogP contribution is -1.94. The number of aldehydes is 1. The van der Waals surface area contributed by atoms with Crippen LogP contribution in [-0.4, -0.2) is 11.2 Å². The molecule has 2 aromatic carbocycles. The SMILES string of the molecule is N#Cc1cc(C=O)ccc1Oc1ccc([N+](=O)[O-])cc1F. The van der Waals surface area contributed by atoms with Gasteiger partial charge in [-0.25, -0.2) is 4.39 Å². The van der Waals surface area contributed by atoms with Crippen LogP contribution in [0.2, 0.25) is 0 Å². The number of nitro groups is 1. The summed E-state index contributed by atoms with van der Waals surface area (Å²) in [5, 5.41) is 19.5. The molecule has 0 amide bonds. The molecule has 0 aliphatic carbocycles. The Kier molecular flexibility index (Phi) is 3.90. The first-order valence-corrected chi connectivity index (χ1v) is 5.66. The number of carbonyl (C=O) groups excluding carboxylic acids is 1. The molecule has 0 aliphatic rings. The number of rotatable bonds is 4. The van der Waals surface area contributed by atoms with E-state index in [4.69, 9.17) is 10.00 Å². The van der Waals surface area contributed by atoms with E-state index in [1.54, 1.807) is 0 Å². The lowest BCUT2D eigenvalue weighted by molar-refractivity contribution is -0.385. The summed E-state index contributed by atoms with van der Waals surface area (Å²) in [6.45, 7) is 0. The van der Waals surface area contributed by atoms with Gasteiger partial charge in [-0.05, 0) is 24.3 Å².